The van der Waals surface area contributed by atoms with E-state index in [9.17, 15) is 16.8 Å². The third-order valence-corrected chi connectivity index (χ3v) is 5.58. The van der Waals surface area contributed by atoms with Crippen molar-refractivity contribution >= 4 is 20.2 Å². The van der Waals surface area contributed by atoms with E-state index in [0.717, 1.165) is 0 Å². The van der Waals surface area contributed by atoms with E-state index in [4.69, 9.17) is 9.11 Å². The molecule has 2 N–H and O–H groups in total. The molecule has 0 rings (SSSR count). The van der Waals surface area contributed by atoms with Crippen LogP contribution in [0.3, 0.4) is 0 Å². The molecule has 4 unspecified atom stereocenters. The normalized spacial score (nSPS) is 19.2. The van der Waals surface area contributed by atoms with Gasteiger partial charge >= 0.3 is 0 Å². The molecule has 0 aromatic heterocycles. The maximum Gasteiger partial charge on any atom is 0.268 e. The smallest absolute Gasteiger partial charge is 0.268 e. The summed E-state index contributed by atoms with van der Waals surface area (Å²) in [4.78, 5) is 0. The summed E-state index contributed by atoms with van der Waals surface area (Å²) in [5.41, 5.74) is 0. The van der Waals surface area contributed by atoms with E-state index < -0.39 is 42.6 Å². The number of rotatable bonds is 4. The first-order valence-corrected chi connectivity index (χ1v) is 8.31. The molecular formula is C10H18O6S2. The largest absolute Gasteiger partial charge is 0.285 e. The van der Waals surface area contributed by atoms with Crippen molar-refractivity contribution in [2.45, 2.75) is 38.2 Å². The summed E-state index contributed by atoms with van der Waals surface area (Å²) >= 11 is 0. The fourth-order valence-electron chi connectivity index (χ4n) is 1.01. The van der Waals surface area contributed by atoms with E-state index in [1.807, 2.05) is 0 Å². The second kappa shape index (κ2) is 6.02. The Morgan fingerprint density at radius 1 is 0.722 bits per heavy atom. The van der Waals surface area contributed by atoms with Gasteiger partial charge in [-0.2, -0.15) is 16.8 Å². The van der Waals surface area contributed by atoms with Crippen molar-refractivity contribution in [3.8, 4) is 11.8 Å². The Labute approximate surface area is 108 Å². The minimum Gasteiger partial charge on any atom is -0.285 e. The zero-order valence-corrected chi connectivity index (χ0v) is 12.3. The van der Waals surface area contributed by atoms with Crippen molar-refractivity contribution in [2.24, 2.45) is 11.8 Å². The predicted octanol–water partition coefficient (Wildman–Crippen LogP) is 0.815. The van der Waals surface area contributed by atoms with Crippen LogP contribution in [0.15, 0.2) is 0 Å². The van der Waals surface area contributed by atoms with Crippen molar-refractivity contribution in [3.05, 3.63) is 0 Å². The highest BCUT2D eigenvalue weighted by Crippen LogP contribution is 2.13. The lowest BCUT2D eigenvalue weighted by Gasteiger charge is -2.13. The summed E-state index contributed by atoms with van der Waals surface area (Å²) in [6.45, 7) is 5.64. The molecule has 0 fully saturated rings. The third kappa shape index (κ3) is 5.35. The lowest BCUT2D eigenvalue weighted by atomic mass is 10.1. The van der Waals surface area contributed by atoms with Gasteiger partial charge in [0.15, 0.2) is 0 Å². The fraction of sp³-hybridized carbons (Fsp3) is 0.800. The van der Waals surface area contributed by atoms with Crippen LogP contribution in [-0.2, 0) is 20.2 Å². The van der Waals surface area contributed by atoms with Crippen LogP contribution in [-0.4, -0.2) is 36.4 Å². The third-order valence-electron chi connectivity index (χ3n) is 2.89. The minimum absolute atomic E-state index is 0.643. The Kier molecular flexibility index (Phi) is 5.81. The van der Waals surface area contributed by atoms with Gasteiger partial charge in [-0.1, -0.05) is 25.7 Å². The lowest BCUT2D eigenvalue weighted by molar-refractivity contribution is 0.455. The molecule has 0 saturated heterocycles. The zero-order chi connectivity index (χ0) is 14.7. The monoisotopic (exact) mass is 298 g/mol. The second-order valence-electron chi connectivity index (χ2n) is 4.31. The summed E-state index contributed by atoms with van der Waals surface area (Å²) in [5.74, 6) is 3.87. The van der Waals surface area contributed by atoms with Gasteiger partial charge in [-0.25, -0.2) is 0 Å². The summed E-state index contributed by atoms with van der Waals surface area (Å²) in [7, 11) is -8.34. The molecule has 0 aliphatic rings. The summed E-state index contributed by atoms with van der Waals surface area (Å²) in [6.07, 6.45) is 0. The van der Waals surface area contributed by atoms with Crippen molar-refractivity contribution in [2.75, 3.05) is 0 Å². The Bertz CT molecular complexity index is 489. The highest BCUT2D eigenvalue weighted by Gasteiger charge is 2.25. The standard InChI is InChI=1S/C10H18O6S2/c1-7(9(3)17(11,12)13)5-6-8(2)10(4)18(14,15)16/h7-10H,1-4H3,(H,11,12,13)(H,14,15,16). The lowest BCUT2D eigenvalue weighted by Crippen LogP contribution is -2.25. The molecule has 0 aromatic carbocycles. The van der Waals surface area contributed by atoms with Gasteiger partial charge in [0.25, 0.3) is 20.2 Å². The molecule has 18 heavy (non-hydrogen) atoms. The quantitative estimate of drug-likeness (QED) is 0.587. The number of hydrogen-bond donors (Lipinski definition) is 2. The van der Waals surface area contributed by atoms with Crippen molar-refractivity contribution in [1.29, 1.82) is 0 Å². The van der Waals surface area contributed by atoms with Gasteiger partial charge in [0.1, 0.15) is 0 Å². The highest BCUT2D eigenvalue weighted by molar-refractivity contribution is 7.86. The Morgan fingerprint density at radius 2 is 0.944 bits per heavy atom. The Morgan fingerprint density at radius 3 is 1.11 bits per heavy atom. The van der Waals surface area contributed by atoms with E-state index in [0.29, 0.717) is 0 Å². The molecular weight excluding hydrogens is 280 g/mol. The Hall–Kier alpha value is -0.620. The molecule has 0 amide bonds. The minimum atomic E-state index is -4.17. The molecule has 6 nitrogen and oxygen atoms in total. The van der Waals surface area contributed by atoms with Gasteiger partial charge in [-0.3, -0.25) is 9.11 Å². The average molecular weight is 298 g/mol. The molecule has 4 atom stereocenters. The SMILES string of the molecule is CC(C#CC(C)C(C)S(=O)(=O)O)C(C)S(=O)(=O)O. The van der Waals surface area contributed by atoms with E-state index in [-0.39, 0.29) is 0 Å². The first-order chi connectivity index (χ1) is 7.87. The van der Waals surface area contributed by atoms with Crippen LogP contribution >= 0.6 is 0 Å². The van der Waals surface area contributed by atoms with Crippen molar-refractivity contribution < 1.29 is 25.9 Å². The topological polar surface area (TPSA) is 109 Å². The summed E-state index contributed by atoms with van der Waals surface area (Å²) in [5, 5.41) is -2.11. The van der Waals surface area contributed by atoms with Crippen LogP contribution in [0, 0.1) is 23.7 Å². The first kappa shape index (κ1) is 17.4. The van der Waals surface area contributed by atoms with Crippen LogP contribution < -0.4 is 0 Å². The van der Waals surface area contributed by atoms with Gasteiger partial charge < -0.3 is 0 Å². The summed E-state index contributed by atoms with van der Waals surface area (Å²) < 4.78 is 61.1. The Balaban J connectivity index is 4.90. The molecule has 0 heterocycles. The van der Waals surface area contributed by atoms with Crippen LogP contribution in [0.5, 0.6) is 0 Å². The highest BCUT2D eigenvalue weighted by atomic mass is 32.2. The molecule has 106 valence electrons. The zero-order valence-electron chi connectivity index (χ0n) is 10.7. The fourth-order valence-corrected chi connectivity index (χ4v) is 2.18. The van der Waals surface area contributed by atoms with E-state index >= 15 is 0 Å². The molecule has 0 spiro atoms. The van der Waals surface area contributed by atoms with Gasteiger partial charge in [0, 0.05) is 11.8 Å². The average Bonchev–Trinajstić information content (AvgIpc) is 2.20. The van der Waals surface area contributed by atoms with Gasteiger partial charge in [-0.05, 0) is 13.8 Å². The van der Waals surface area contributed by atoms with Crippen LogP contribution in [0.25, 0.3) is 0 Å². The van der Waals surface area contributed by atoms with Gasteiger partial charge in [0.2, 0.25) is 0 Å². The molecule has 0 aromatic rings. The molecule has 0 saturated carbocycles. The maximum absolute atomic E-state index is 10.9. The van der Waals surface area contributed by atoms with Gasteiger partial charge in [-0.15, -0.1) is 0 Å². The molecule has 0 aliphatic carbocycles. The van der Waals surface area contributed by atoms with E-state index in [2.05, 4.69) is 11.8 Å². The van der Waals surface area contributed by atoms with Crippen LogP contribution in [0.2, 0.25) is 0 Å². The van der Waals surface area contributed by atoms with Crippen LogP contribution in [0.4, 0.5) is 0 Å². The van der Waals surface area contributed by atoms with Gasteiger partial charge in [0.05, 0.1) is 10.5 Å². The molecule has 0 bridgehead atoms. The van der Waals surface area contributed by atoms with Crippen LogP contribution in [0.1, 0.15) is 27.7 Å². The maximum atomic E-state index is 10.9. The molecule has 8 heteroatoms. The summed E-state index contributed by atoms with van der Waals surface area (Å²) in [6, 6.07) is 0. The second-order valence-corrected chi connectivity index (χ2v) is 7.85. The van der Waals surface area contributed by atoms with E-state index in [1.54, 1.807) is 0 Å². The predicted molar refractivity (Wildman–Crippen MR) is 68.1 cm³/mol. The van der Waals surface area contributed by atoms with Crippen molar-refractivity contribution in [1.82, 2.24) is 0 Å². The first-order valence-electron chi connectivity index (χ1n) is 5.31. The van der Waals surface area contributed by atoms with Crippen molar-refractivity contribution in [3.63, 3.8) is 0 Å². The van der Waals surface area contributed by atoms with E-state index in [1.165, 1.54) is 27.7 Å². The number of hydrogen-bond acceptors (Lipinski definition) is 4. The molecule has 0 radical (unpaired) electrons. The molecule has 0 aliphatic heterocycles.